The SMILES string of the molecule is Nc1nc2c(c(F)cn2CC(CF)OC[PH](O)(O)O)c(=O)[nH]1. The Labute approximate surface area is 122 Å². The summed E-state index contributed by atoms with van der Waals surface area (Å²) in [6.07, 6.45) is -1.10. The van der Waals surface area contributed by atoms with Crippen LogP contribution >= 0.6 is 7.94 Å². The maximum absolute atomic E-state index is 13.8. The molecule has 12 heteroatoms. The Morgan fingerprint density at radius 2 is 2.18 bits per heavy atom. The number of ether oxygens (including phenoxy) is 1. The molecule has 2 aromatic rings. The van der Waals surface area contributed by atoms with Crippen LogP contribution in [-0.4, -0.2) is 48.3 Å². The Morgan fingerprint density at radius 3 is 2.77 bits per heavy atom. The second kappa shape index (κ2) is 6.23. The number of anilines is 1. The number of aromatic nitrogens is 3. The summed E-state index contributed by atoms with van der Waals surface area (Å²) in [4.78, 5) is 44.1. The van der Waals surface area contributed by atoms with E-state index in [1.807, 2.05) is 0 Å². The Hall–Kier alpha value is -1.65. The zero-order valence-electron chi connectivity index (χ0n) is 11.2. The van der Waals surface area contributed by atoms with Crippen LogP contribution < -0.4 is 11.3 Å². The average molecular weight is 340 g/mol. The fraction of sp³-hybridized carbons (Fsp3) is 0.400. The predicted molar refractivity (Wildman–Crippen MR) is 75.4 cm³/mol. The van der Waals surface area contributed by atoms with Gasteiger partial charge in [0, 0.05) is 0 Å². The quantitative estimate of drug-likeness (QED) is 0.434. The number of H-pyrrole nitrogens is 1. The van der Waals surface area contributed by atoms with E-state index in [0.717, 1.165) is 10.8 Å². The second-order valence-electron chi connectivity index (χ2n) is 4.64. The summed E-state index contributed by atoms with van der Waals surface area (Å²) in [6, 6.07) is 0. The van der Waals surface area contributed by atoms with Crippen LogP contribution in [-0.2, 0) is 11.3 Å². The van der Waals surface area contributed by atoms with Gasteiger partial charge < -0.3 is 0 Å². The number of nitrogen functional groups attached to an aromatic ring is 1. The molecular weight excluding hydrogens is 325 g/mol. The summed E-state index contributed by atoms with van der Waals surface area (Å²) in [5.41, 5.74) is 4.51. The van der Waals surface area contributed by atoms with Gasteiger partial charge in [-0.25, -0.2) is 0 Å². The molecule has 9 nitrogen and oxygen atoms in total. The molecule has 2 heterocycles. The average Bonchev–Trinajstić information content (AvgIpc) is 2.69. The molecule has 2 aromatic heterocycles. The van der Waals surface area contributed by atoms with Crippen molar-refractivity contribution >= 4 is 24.9 Å². The Morgan fingerprint density at radius 1 is 1.50 bits per heavy atom. The van der Waals surface area contributed by atoms with E-state index in [0.29, 0.717) is 0 Å². The number of aromatic amines is 1. The van der Waals surface area contributed by atoms with E-state index >= 15 is 0 Å². The van der Waals surface area contributed by atoms with Gasteiger partial charge in [0.25, 0.3) is 0 Å². The molecule has 0 radical (unpaired) electrons. The van der Waals surface area contributed by atoms with Gasteiger partial charge >= 0.3 is 121 Å². The number of nitrogens with two attached hydrogens (primary N) is 1. The number of fused-ring (bicyclic) bond motifs is 1. The van der Waals surface area contributed by atoms with Gasteiger partial charge in [-0.3, -0.25) is 0 Å². The third kappa shape index (κ3) is 3.76. The van der Waals surface area contributed by atoms with Crippen LogP contribution in [0.1, 0.15) is 0 Å². The van der Waals surface area contributed by atoms with Gasteiger partial charge in [0.05, 0.1) is 0 Å². The van der Waals surface area contributed by atoms with Crippen molar-refractivity contribution in [1.29, 1.82) is 0 Å². The van der Waals surface area contributed by atoms with E-state index in [9.17, 15) is 13.6 Å². The van der Waals surface area contributed by atoms with Crippen molar-refractivity contribution < 1.29 is 28.2 Å². The van der Waals surface area contributed by atoms with Crippen molar-refractivity contribution in [2.75, 3.05) is 18.8 Å². The second-order valence-corrected chi connectivity index (χ2v) is 6.48. The molecule has 0 amide bonds. The number of hydrogen-bond acceptors (Lipinski definition) is 7. The number of hydrogen-bond donors (Lipinski definition) is 5. The summed E-state index contributed by atoms with van der Waals surface area (Å²) in [7, 11) is -4.48. The Balaban J connectivity index is 2.29. The first-order valence-corrected chi connectivity index (χ1v) is 8.15. The van der Waals surface area contributed by atoms with Crippen LogP contribution in [0.4, 0.5) is 14.7 Å². The summed E-state index contributed by atoms with van der Waals surface area (Å²) >= 11 is 0. The fourth-order valence-electron chi connectivity index (χ4n) is 1.90. The van der Waals surface area contributed by atoms with Crippen LogP contribution in [0.25, 0.3) is 11.0 Å². The maximum atomic E-state index is 13.8. The van der Waals surface area contributed by atoms with E-state index in [-0.39, 0.29) is 23.5 Å². The van der Waals surface area contributed by atoms with Crippen molar-refractivity contribution in [1.82, 2.24) is 14.5 Å². The Kier molecular flexibility index (Phi) is 4.73. The van der Waals surface area contributed by atoms with Gasteiger partial charge in [-0.2, -0.15) is 0 Å². The van der Waals surface area contributed by atoms with Gasteiger partial charge in [-0.1, -0.05) is 0 Å². The minimum atomic E-state index is -4.48. The van der Waals surface area contributed by atoms with Crippen molar-refractivity contribution in [3.8, 4) is 0 Å². The molecule has 0 saturated heterocycles. The minimum absolute atomic E-state index is 0.0960. The van der Waals surface area contributed by atoms with Crippen LogP contribution in [0.2, 0.25) is 0 Å². The molecular formula is C10H15F2N4O5P. The number of alkyl halides is 1. The number of halogens is 2. The molecule has 0 fully saturated rings. The van der Waals surface area contributed by atoms with Crippen molar-refractivity contribution in [2.24, 2.45) is 0 Å². The molecule has 0 aromatic carbocycles. The van der Waals surface area contributed by atoms with E-state index in [2.05, 4.69) is 9.97 Å². The van der Waals surface area contributed by atoms with Crippen molar-refractivity contribution in [2.45, 2.75) is 12.6 Å². The molecule has 2 rings (SSSR count). The van der Waals surface area contributed by atoms with Gasteiger partial charge in [-0.05, 0) is 0 Å². The Bertz CT molecular complexity index is 728. The van der Waals surface area contributed by atoms with Gasteiger partial charge in [-0.15, -0.1) is 0 Å². The first kappa shape index (κ1) is 16.7. The van der Waals surface area contributed by atoms with Crippen LogP contribution in [0.3, 0.4) is 0 Å². The van der Waals surface area contributed by atoms with Gasteiger partial charge in [0.1, 0.15) is 0 Å². The first-order valence-electron chi connectivity index (χ1n) is 6.10. The molecule has 0 bridgehead atoms. The van der Waals surface area contributed by atoms with Crippen molar-refractivity contribution in [3.63, 3.8) is 0 Å². The van der Waals surface area contributed by atoms with Crippen LogP contribution in [0.15, 0.2) is 11.0 Å². The standard InChI is InChI=1S/C10H15F2N4O5P/c11-1-5(21-4-22(18,19)20)2-16-3-6(12)7-8(16)14-10(13)15-9(7)17/h3,5,18-20,22H,1-2,4H2,(H3,13,14,15,17). The van der Waals surface area contributed by atoms with Crippen molar-refractivity contribution in [3.05, 3.63) is 22.4 Å². The number of nitrogens with zero attached hydrogens (tertiary/aromatic N) is 2. The van der Waals surface area contributed by atoms with E-state index in [1.54, 1.807) is 0 Å². The number of nitrogens with one attached hydrogen (secondary N) is 1. The first-order chi connectivity index (χ1) is 10.2. The molecule has 22 heavy (non-hydrogen) atoms. The summed E-state index contributed by atoms with van der Waals surface area (Å²) in [5.74, 6) is -1.10. The van der Waals surface area contributed by atoms with E-state index in [4.69, 9.17) is 25.2 Å². The molecule has 1 atom stereocenters. The van der Waals surface area contributed by atoms with Gasteiger partial charge in [0.15, 0.2) is 0 Å². The molecule has 0 aliphatic heterocycles. The monoisotopic (exact) mass is 340 g/mol. The molecule has 0 spiro atoms. The molecule has 1 unspecified atom stereocenters. The molecule has 0 saturated carbocycles. The topological polar surface area (TPSA) is 147 Å². The predicted octanol–water partition coefficient (Wildman–Crippen LogP) is -0.770. The third-order valence-electron chi connectivity index (χ3n) is 2.78. The normalized spacial score (nSPS) is 14.4. The fourth-order valence-corrected chi connectivity index (χ4v) is 2.36. The molecule has 0 aliphatic rings. The van der Waals surface area contributed by atoms with E-state index in [1.165, 1.54) is 0 Å². The van der Waals surface area contributed by atoms with Crippen LogP contribution in [0, 0.1) is 5.82 Å². The number of rotatable bonds is 6. The zero-order chi connectivity index (χ0) is 16.5. The molecule has 124 valence electrons. The van der Waals surface area contributed by atoms with E-state index < -0.39 is 38.4 Å². The summed E-state index contributed by atoms with van der Waals surface area (Å²) < 4.78 is 32.6. The molecule has 0 aliphatic carbocycles. The third-order valence-corrected chi connectivity index (χ3v) is 3.34. The summed E-state index contributed by atoms with van der Waals surface area (Å²) in [6.45, 7) is -1.30. The van der Waals surface area contributed by atoms with Gasteiger partial charge in [0.2, 0.25) is 0 Å². The zero-order valence-corrected chi connectivity index (χ0v) is 12.2. The summed E-state index contributed by atoms with van der Waals surface area (Å²) in [5, 5.41) is -0.331. The molecule has 6 N–H and O–H groups in total. The van der Waals surface area contributed by atoms with Crippen LogP contribution in [0.5, 0.6) is 0 Å².